The van der Waals surface area contributed by atoms with Gasteiger partial charge in [0.2, 0.25) is 0 Å². The monoisotopic (exact) mass is 351 g/mol. The molecule has 1 aliphatic heterocycles. The van der Waals surface area contributed by atoms with Crippen molar-refractivity contribution < 1.29 is 9.34 Å². The molecule has 1 aromatic rings. The van der Waals surface area contributed by atoms with Gasteiger partial charge in [-0.3, -0.25) is 15.0 Å². The number of halogens is 2. The van der Waals surface area contributed by atoms with Gasteiger partial charge >= 0.3 is 5.88 Å². The number of rotatable bonds is 4. The van der Waals surface area contributed by atoms with Gasteiger partial charge in [-0.1, -0.05) is 12.8 Å². The molecule has 1 aliphatic carbocycles. The molecule has 0 bridgehead atoms. The topological polar surface area (TPSA) is 71.6 Å². The molecule has 3 rings (SSSR count). The summed E-state index contributed by atoms with van der Waals surface area (Å²) in [4.78, 5) is 12.8. The standard InChI is InChI=1S/C14H21N3O3.2ClH/c18-17(19)13-6-5-12(20-13)14(11-3-1-2-4-11)16-9-7-15-8-10-16;;/h5-6,11,14-15H,1-4,7-10H2;2*1H/t14-;;/m1../s1. The minimum atomic E-state index is -0.451. The summed E-state index contributed by atoms with van der Waals surface area (Å²) in [5.41, 5.74) is 0. The average molecular weight is 352 g/mol. The molecule has 2 heterocycles. The fraction of sp³-hybridized carbons (Fsp3) is 0.714. The Bertz CT molecular complexity index is 472. The van der Waals surface area contributed by atoms with E-state index in [1.54, 1.807) is 6.07 Å². The van der Waals surface area contributed by atoms with Crippen molar-refractivity contribution in [3.63, 3.8) is 0 Å². The molecule has 2 fully saturated rings. The summed E-state index contributed by atoms with van der Waals surface area (Å²) in [5.74, 6) is 1.20. The van der Waals surface area contributed by atoms with Gasteiger partial charge in [0.25, 0.3) is 0 Å². The number of nitrogens with one attached hydrogen (secondary N) is 1. The number of nitrogens with zero attached hydrogens (tertiary/aromatic N) is 2. The third kappa shape index (κ3) is 4.13. The first-order valence-corrected chi connectivity index (χ1v) is 7.44. The lowest BCUT2D eigenvalue weighted by atomic mass is 9.94. The van der Waals surface area contributed by atoms with Crippen LogP contribution in [0.25, 0.3) is 0 Å². The number of furan rings is 1. The number of nitro groups is 1. The Morgan fingerprint density at radius 3 is 2.41 bits per heavy atom. The van der Waals surface area contributed by atoms with Crippen LogP contribution in [0.4, 0.5) is 5.88 Å². The molecule has 126 valence electrons. The van der Waals surface area contributed by atoms with Gasteiger partial charge in [-0.05, 0) is 24.8 Å². The fourth-order valence-electron chi connectivity index (χ4n) is 3.54. The lowest BCUT2D eigenvalue weighted by Gasteiger charge is -2.37. The SMILES string of the molecule is Cl.Cl.O=[N+]([O-])c1ccc([C@@H](C2CCCC2)N2CCNCC2)o1. The zero-order chi connectivity index (χ0) is 13.9. The van der Waals surface area contributed by atoms with Crippen LogP contribution in [-0.4, -0.2) is 36.0 Å². The van der Waals surface area contributed by atoms with Crippen LogP contribution in [0.5, 0.6) is 0 Å². The Hall–Kier alpha value is -0.820. The van der Waals surface area contributed by atoms with E-state index in [-0.39, 0.29) is 36.7 Å². The summed E-state index contributed by atoms with van der Waals surface area (Å²) in [6.07, 6.45) is 4.91. The predicted molar refractivity (Wildman–Crippen MR) is 89.0 cm³/mol. The molecule has 6 nitrogen and oxygen atoms in total. The molecule has 0 spiro atoms. The summed E-state index contributed by atoms with van der Waals surface area (Å²) >= 11 is 0. The van der Waals surface area contributed by atoms with Gasteiger partial charge in [-0.2, -0.15) is 0 Å². The van der Waals surface area contributed by atoms with Gasteiger partial charge in [0.15, 0.2) is 0 Å². The highest BCUT2D eigenvalue weighted by molar-refractivity contribution is 5.85. The highest BCUT2D eigenvalue weighted by atomic mass is 35.5. The van der Waals surface area contributed by atoms with Gasteiger partial charge in [0.05, 0.1) is 12.1 Å². The van der Waals surface area contributed by atoms with E-state index < -0.39 is 4.92 Å². The van der Waals surface area contributed by atoms with E-state index in [1.807, 2.05) is 0 Å². The number of hydrogen-bond acceptors (Lipinski definition) is 5. The van der Waals surface area contributed by atoms with Crippen molar-refractivity contribution in [1.82, 2.24) is 10.2 Å². The van der Waals surface area contributed by atoms with Gasteiger partial charge in [-0.15, -0.1) is 24.8 Å². The van der Waals surface area contributed by atoms with Crippen LogP contribution in [0.3, 0.4) is 0 Å². The molecular formula is C14H23Cl2N3O3. The van der Waals surface area contributed by atoms with E-state index in [1.165, 1.54) is 31.7 Å². The fourth-order valence-corrected chi connectivity index (χ4v) is 3.54. The molecule has 0 radical (unpaired) electrons. The Balaban J connectivity index is 0.00000121. The summed E-state index contributed by atoms with van der Waals surface area (Å²) in [6.45, 7) is 3.92. The maximum Gasteiger partial charge on any atom is 0.433 e. The summed E-state index contributed by atoms with van der Waals surface area (Å²) < 4.78 is 5.51. The van der Waals surface area contributed by atoms with E-state index in [9.17, 15) is 10.1 Å². The summed E-state index contributed by atoms with van der Waals surface area (Å²) in [7, 11) is 0. The highest BCUT2D eigenvalue weighted by Gasteiger charge is 2.34. The summed E-state index contributed by atoms with van der Waals surface area (Å²) in [5, 5.41) is 14.2. The van der Waals surface area contributed by atoms with Crippen molar-refractivity contribution >= 4 is 30.7 Å². The van der Waals surface area contributed by atoms with Crippen molar-refractivity contribution in [2.75, 3.05) is 26.2 Å². The molecular weight excluding hydrogens is 329 g/mol. The van der Waals surface area contributed by atoms with Crippen LogP contribution in [0.1, 0.15) is 37.5 Å². The van der Waals surface area contributed by atoms with Crippen LogP contribution in [0.2, 0.25) is 0 Å². The smallest absolute Gasteiger partial charge is 0.404 e. The first kappa shape index (κ1) is 19.2. The third-order valence-corrected chi connectivity index (χ3v) is 4.48. The normalized spacial score (nSPS) is 20.9. The molecule has 2 aliphatic rings. The first-order chi connectivity index (χ1) is 9.75. The van der Waals surface area contributed by atoms with Gasteiger partial charge < -0.3 is 9.73 Å². The van der Waals surface area contributed by atoms with Crippen molar-refractivity contribution in [1.29, 1.82) is 0 Å². The highest BCUT2D eigenvalue weighted by Crippen LogP contribution is 2.40. The van der Waals surface area contributed by atoms with Crippen LogP contribution >= 0.6 is 24.8 Å². The molecule has 8 heteroatoms. The van der Waals surface area contributed by atoms with Gasteiger partial charge in [0, 0.05) is 26.2 Å². The van der Waals surface area contributed by atoms with Crippen LogP contribution < -0.4 is 5.32 Å². The maximum absolute atomic E-state index is 10.8. The minimum absolute atomic E-state index is 0. The van der Waals surface area contributed by atoms with Crippen molar-refractivity contribution in [3.8, 4) is 0 Å². The second-order valence-corrected chi connectivity index (χ2v) is 5.71. The number of hydrogen-bond donors (Lipinski definition) is 1. The van der Waals surface area contributed by atoms with Crippen molar-refractivity contribution in [2.24, 2.45) is 5.92 Å². The molecule has 1 atom stereocenters. The zero-order valence-corrected chi connectivity index (χ0v) is 14.0. The number of piperazine rings is 1. The lowest BCUT2D eigenvalue weighted by Crippen LogP contribution is -2.46. The second-order valence-electron chi connectivity index (χ2n) is 5.71. The van der Waals surface area contributed by atoms with Crippen LogP contribution in [-0.2, 0) is 0 Å². The van der Waals surface area contributed by atoms with E-state index in [0.29, 0.717) is 5.92 Å². The largest absolute Gasteiger partial charge is 0.433 e. The van der Waals surface area contributed by atoms with Gasteiger partial charge in [0.1, 0.15) is 10.7 Å². The molecule has 0 amide bonds. The van der Waals surface area contributed by atoms with E-state index >= 15 is 0 Å². The minimum Gasteiger partial charge on any atom is -0.404 e. The maximum atomic E-state index is 10.8. The molecule has 0 unspecified atom stereocenters. The van der Waals surface area contributed by atoms with Crippen LogP contribution in [0.15, 0.2) is 16.5 Å². The van der Waals surface area contributed by atoms with E-state index in [4.69, 9.17) is 4.42 Å². The molecule has 1 aromatic heterocycles. The summed E-state index contributed by atoms with van der Waals surface area (Å²) in [6, 6.07) is 3.48. The molecule has 1 saturated heterocycles. The molecule has 1 saturated carbocycles. The third-order valence-electron chi connectivity index (χ3n) is 4.48. The van der Waals surface area contributed by atoms with Crippen LogP contribution in [0, 0.1) is 16.0 Å². The second kappa shape index (κ2) is 8.72. The molecule has 22 heavy (non-hydrogen) atoms. The Kier molecular flexibility index (Phi) is 7.62. The van der Waals surface area contributed by atoms with Crippen molar-refractivity contribution in [2.45, 2.75) is 31.7 Å². The van der Waals surface area contributed by atoms with Crippen molar-refractivity contribution in [3.05, 3.63) is 28.0 Å². The zero-order valence-electron chi connectivity index (χ0n) is 12.4. The Morgan fingerprint density at radius 2 is 1.86 bits per heavy atom. The quantitative estimate of drug-likeness (QED) is 0.666. The average Bonchev–Trinajstić information content (AvgIpc) is 3.12. The Morgan fingerprint density at radius 1 is 1.23 bits per heavy atom. The molecule has 1 N–H and O–H groups in total. The predicted octanol–water partition coefficient (Wildman–Crippen LogP) is 3.17. The van der Waals surface area contributed by atoms with Gasteiger partial charge in [-0.25, -0.2) is 0 Å². The first-order valence-electron chi connectivity index (χ1n) is 7.44. The van der Waals surface area contributed by atoms with E-state index in [2.05, 4.69) is 10.2 Å². The van der Waals surface area contributed by atoms with E-state index in [0.717, 1.165) is 31.9 Å². The lowest BCUT2D eigenvalue weighted by molar-refractivity contribution is -0.402. The Labute approximate surface area is 142 Å². The molecule has 0 aromatic carbocycles.